The largest absolute Gasteiger partial charge is 0.444 e. The number of piperazine rings is 1. The van der Waals surface area contributed by atoms with Crippen LogP contribution in [0.15, 0.2) is 6.58 Å². The van der Waals surface area contributed by atoms with Crippen LogP contribution in [0, 0.1) is 5.82 Å². The molecule has 0 radical (unpaired) electrons. The van der Waals surface area contributed by atoms with E-state index in [-0.39, 0.29) is 29.4 Å². The number of allylic oxidation sites excluding steroid dienone is 1. The third kappa shape index (κ3) is 3.52. The average Bonchev–Trinajstić information content (AvgIpc) is 3.49. The second-order valence-corrected chi connectivity index (χ2v) is 10.6. The van der Waals surface area contributed by atoms with Crippen LogP contribution >= 0.6 is 11.6 Å². The van der Waals surface area contributed by atoms with Gasteiger partial charge >= 0.3 is 6.09 Å². The summed E-state index contributed by atoms with van der Waals surface area (Å²) >= 11 is 6.16. The number of nitrogens with zero attached hydrogens (tertiary/aromatic N) is 5. The van der Waals surface area contributed by atoms with E-state index in [0.717, 1.165) is 25.7 Å². The molecule has 1 amide bonds. The lowest BCUT2D eigenvalue weighted by Gasteiger charge is -2.51. The molecule has 2 aromatic heterocycles. The number of carbonyl (C=O) groups excluding carboxylic acids is 1. The number of rotatable bonds is 3. The molecular formula is C23H29ClFN5O2. The fourth-order valence-corrected chi connectivity index (χ4v) is 5.05. The lowest BCUT2D eigenvalue weighted by molar-refractivity contribution is 0.000806. The molecule has 0 aromatic carbocycles. The van der Waals surface area contributed by atoms with Gasteiger partial charge in [0.15, 0.2) is 16.8 Å². The Balaban J connectivity index is 1.56. The summed E-state index contributed by atoms with van der Waals surface area (Å²) in [5, 5.41) is 5.41. The molecular weight excluding hydrogens is 433 g/mol. The smallest absolute Gasteiger partial charge is 0.410 e. The van der Waals surface area contributed by atoms with Gasteiger partial charge in [0.25, 0.3) is 0 Å². The van der Waals surface area contributed by atoms with E-state index in [1.54, 1.807) is 4.68 Å². The van der Waals surface area contributed by atoms with Gasteiger partial charge in [-0.1, -0.05) is 18.2 Å². The predicted molar refractivity (Wildman–Crippen MR) is 123 cm³/mol. The topological polar surface area (TPSA) is 63.5 Å². The number of hydrogen-bond donors (Lipinski definition) is 0. The van der Waals surface area contributed by atoms with Crippen LogP contribution in [0.1, 0.15) is 65.1 Å². The van der Waals surface area contributed by atoms with Gasteiger partial charge in [0.1, 0.15) is 11.1 Å². The Morgan fingerprint density at radius 2 is 1.81 bits per heavy atom. The molecule has 1 unspecified atom stereocenters. The first-order chi connectivity index (χ1) is 15.0. The molecule has 4 aliphatic rings. The summed E-state index contributed by atoms with van der Waals surface area (Å²) in [4.78, 5) is 21.1. The third-order valence-corrected chi connectivity index (χ3v) is 6.70. The van der Waals surface area contributed by atoms with Crippen molar-refractivity contribution in [3.63, 3.8) is 0 Å². The second kappa shape index (κ2) is 7.33. The molecule has 2 aromatic rings. The predicted octanol–water partition coefficient (Wildman–Crippen LogP) is 5.18. The molecule has 3 saturated heterocycles. The van der Waals surface area contributed by atoms with Crippen LogP contribution in [0.25, 0.3) is 16.5 Å². The SMILES string of the molecule is C=C(C)c1nc(Cl)c(F)c2c1c(N1C[C@@H]3CCC1CN3C(=O)OC(C)(C)C)nn2C1CC1. The Hall–Kier alpha value is -2.35. The van der Waals surface area contributed by atoms with Crippen LogP contribution in [0.4, 0.5) is 15.0 Å². The Labute approximate surface area is 192 Å². The average molecular weight is 462 g/mol. The summed E-state index contributed by atoms with van der Waals surface area (Å²) in [7, 11) is 0. The van der Waals surface area contributed by atoms with Gasteiger partial charge in [-0.25, -0.2) is 14.2 Å². The molecule has 2 atom stereocenters. The summed E-state index contributed by atoms with van der Waals surface area (Å²) in [5.41, 5.74) is 1.17. The van der Waals surface area contributed by atoms with E-state index >= 15 is 4.39 Å². The van der Waals surface area contributed by atoms with E-state index in [9.17, 15) is 4.79 Å². The molecule has 172 valence electrons. The summed E-state index contributed by atoms with van der Waals surface area (Å²) in [6.07, 6.45) is 3.51. The van der Waals surface area contributed by atoms with E-state index in [1.165, 1.54) is 0 Å². The van der Waals surface area contributed by atoms with Crippen molar-refractivity contribution in [1.29, 1.82) is 0 Å². The van der Waals surface area contributed by atoms with E-state index in [1.807, 2.05) is 32.6 Å². The van der Waals surface area contributed by atoms with Gasteiger partial charge in [-0.05, 0) is 59.0 Å². The number of carbonyl (C=O) groups is 1. The van der Waals surface area contributed by atoms with Gasteiger partial charge in [0, 0.05) is 19.1 Å². The molecule has 7 nitrogen and oxygen atoms in total. The Kier molecular flexibility index (Phi) is 4.93. The van der Waals surface area contributed by atoms with Crippen LogP contribution in [0.2, 0.25) is 5.15 Å². The minimum Gasteiger partial charge on any atom is -0.444 e. The van der Waals surface area contributed by atoms with Crippen molar-refractivity contribution in [1.82, 2.24) is 19.7 Å². The van der Waals surface area contributed by atoms with E-state index in [0.29, 0.717) is 41.1 Å². The number of pyridine rings is 1. The van der Waals surface area contributed by atoms with Crippen LogP contribution in [0.3, 0.4) is 0 Å². The number of ether oxygens (including phenoxy) is 1. The molecule has 6 rings (SSSR count). The van der Waals surface area contributed by atoms with Crippen molar-refractivity contribution in [3.8, 4) is 0 Å². The monoisotopic (exact) mass is 461 g/mol. The van der Waals surface area contributed by atoms with Crippen LogP contribution in [-0.2, 0) is 4.74 Å². The molecule has 4 fully saturated rings. The van der Waals surface area contributed by atoms with E-state index < -0.39 is 11.4 Å². The lowest BCUT2D eigenvalue weighted by atomic mass is 9.91. The molecule has 0 N–H and O–H groups in total. The van der Waals surface area contributed by atoms with Crippen LogP contribution in [0.5, 0.6) is 0 Å². The van der Waals surface area contributed by atoms with Gasteiger partial charge in [0.05, 0.1) is 23.2 Å². The zero-order chi connectivity index (χ0) is 22.9. The van der Waals surface area contributed by atoms with Crippen molar-refractivity contribution < 1.29 is 13.9 Å². The minimum absolute atomic E-state index is 0.0226. The quantitative estimate of drug-likeness (QED) is 0.589. The maximum atomic E-state index is 15.2. The maximum absolute atomic E-state index is 15.2. The van der Waals surface area contributed by atoms with Crippen molar-refractivity contribution in [2.24, 2.45) is 0 Å². The first-order valence-corrected chi connectivity index (χ1v) is 11.6. The molecule has 2 bridgehead atoms. The maximum Gasteiger partial charge on any atom is 0.410 e. The number of piperidine rings is 2. The molecule has 9 heteroatoms. The molecule has 3 aliphatic heterocycles. The fraction of sp³-hybridized carbons (Fsp3) is 0.609. The Morgan fingerprint density at radius 3 is 2.38 bits per heavy atom. The molecule has 5 heterocycles. The van der Waals surface area contributed by atoms with Crippen molar-refractivity contribution >= 4 is 40.0 Å². The zero-order valence-electron chi connectivity index (χ0n) is 19.0. The summed E-state index contributed by atoms with van der Waals surface area (Å²) in [6.45, 7) is 12.7. The standard InChI is InChI=1S/C23H29ClFN5O2/c1-12(2)18-16-19(17(25)20(24)26-18)30(13-6-7-13)27-21(16)28-10-15-9-8-14(28)11-29(15)22(31)32-23(3,4)5/h13-15H,1,6-11H2,2-5H3/t14?,15-/m0/s1. The Morgan fingerprint density at radius 1 is 1.16 bits per heavy atom. The summed E-state index contributed by atoms with van der Waals surface area (Å²) in [5.74, 6) is 0.182. The minimum atomic E-state index is -0.536. The normalized spacial score (nSPS) is 23.2. The highest BCUT2D eigenvalue weighted by Gasteiger charge is 2.45. The highest BCUT2D eigenvalue weighted by atomic mass is 35.5. The molecule has 0 spiro atoms. The van der Waals surface area contributed by atoms with E-state index in [4.69, 9.17) is 21.4 Å². The number of aromatic nitrogens is 3. The van der Waals surface area contributed by atoms with Crippen molar-refractivity contribution in [3.05, 3.63) is 23.2 Å². The van der Waals surface area contributed by atoms with Gasteiger partial charge < -0.3 is 14.5 Å². The fourth-order valence-electron chi connectivity index (χ4n) is 4.88. The summed E-state index contributed by atoms with van der Waals surface area (Å²) < 4.78 is 22.6. The Bertz CT molecular complexity index is 1120. The van der Waals surface area contributed by atoms with Gasteiger partial charge in [-0.15, -0.1) is 0 Å². The van der Waals surface area contributed by atoms with Crippen LogP contribution in [-0.4, -0.2) is 56.5 Å². The zero-order valence-corrected chi connectivity index (χ0v) is 19.7. The van der Waals surface area contributed by atoms with Gasteiger partial charge in [0.2, 0.25) is 0 Å². The molecule has 1 aliphatic carbocycles. The van der Waals surface area contributed by atoms with E-state index in [2.05, 4.69) is 16.5 Å². The number of amides is 1. The first-order valence-electron chi connectivity index (χ1n) is 11.2. The lowest BCUT2D eigenvalue weighted by Crippen LogP contribution is -2.64. The highest BCUT2D eigenvalue weighted by Crippen LogP contribution is 2.44. The number of anilines is 1. The number of halogens is 2. The summed E-state index contributed by atoms with van der Waals surface area (Å²) in [6, 6.07) is 0.279. The van der Waals surface area contributed by atoms with Crippen molar-refractivity contribution in [2.45, 2.75) is 77.1 Å². The second-order valence-electron chi connectivity index (χ2n) is 10.2. The third-order valence-electron chi connectivity index (χ3n) is 6.45. The molecule has 32 heavy (non-hydrogen) atoms. The number of fused-ring (bicyclic) bond motifs is 4. The molecule has 1 saturated carbocycles. The van der Waals surface area contributed by atoms with Crippen molar-refractivity contribution in [2.75, 3.05) is 18.0 Å². The van der Waals surface area contributed by atoms with Gasteiger partial charge in [-0.2, -0.15) is 5.10 Å². The van der Waals surface area contributed by atoms with Crippen LogP contribution < -0.4 is 4.90 Å². The van der Waals surface area contributed by atoms with Gasteiger partial charge in [-0.3, -0.25) is 4.68 Å². The highest BCUT2D eigenvalue weighted by molar-refractivity contribution is 6.30. The number of hydrogen-bond acceptors (Lipinski definition) is 5. The first kappa shape index (κ1) is 21.5.